The first kappa shape index (κ1) is 26.8. The van der Waals surface area contributed by atoms with Crippen molar-refractivity contribution in [3.8, 4) is 0 Å². The maximum absolute atomic E-state index is 7.64. The van der Waals surface area contributed by atoms with Crippen LogP contribution in [0.1, 0.15) is 49.9 Å². The van der Waals surface area contributed by atoms with Gasteiger partial charge in [0.2, 0.25) is 0 Å². The van der Waals surface area contributed by atoms with Gasteiger partial charge in [-0.2, -0.15) is 0 Å². The van der Waals surface area contributed by atoms with E-state index >= 15 is 0 Å². The Bertz CT molecular complexity index is 1090. The summed E-state index contributed by atoms with van der Waals surface area (Å²) < 4.78 is 0. The van der Waals surface area contributed by atoms with E-state index in [4.69, 9.17) is 5.73 Å². The first-order valence-corrected chi connectivity index (χ1v) is 16.1. The molecule has 0 aliphatic rings. The molecule has 0 unspecified atom stereocenters. The predicted molar refractivity (Wildman–Crippen MR) is 164 cm³/mol. The average Bonchev–Trinajstić information content (AvgIpc) is 2.94. The number of nitrogens with two attached hydrogens (primary N) is 1. The maximum atomic E-state index is 7.64. The molecule has 0 radical (unpaired) electrons. The molecule has 0 amide bonds. The van der Waals surface area contributed by atoms with E-state index in [2.05, 4.69) is 125 Å². The lowest BCUT2D eigenvalue weighted by Crippen LogP contribution is -2.36. The zero-order valence-corrected chi connectivity index (χ0v) is 23.9. The molecular formula is C33H39NP2. The summed E-state index contributed by atoms with van der Waals surface area (Å²) in [6, 6.07) is 36.1. The third-order valence-corrected chi connectivity index (χ3v) is 13.3. The summed E-state index contributed by atoms with van der Waals surface area (Å²) in [5.74, 6) is 0. The summed E-state index contributed by atoms with van der Waals surface area (Å²) in [4.78, 5) is 0. The van der Waals surface area contributed by atoms with Crippen LogP contribution in [0.2, 0.25) is 0 Å². The van der Waals surface area contributed by atoms with Gasteiger partial charge in [-0.1, -0.05) is 125 Å². The molecule has 0 heterocycles. The van der Waals surface area contributed by atoms with Gasteiger partial charge in [-0.15, -0.1) is 0 Å². The van der Waals surface area contributed by atoms with Gasteiger partial charge in [0, 0.05) is 0 Å². The molecule has 0 atom stereocenters. The number of aryl methyl sites for hydroxylation is 4. The molecule has 4 rings (SSSR count). The van der Waals surface area contributed by atoms with E-state index in [0.29, 0.717) is 0 Å². The molecule has 4 aromatic rings. The summed E-state index contributed by atoms with van der Waals surface area (Å²) in [6.45, 7) is 9.08. The van der Waals surface area contributed by atoms with Gasteiger partial charge in [0.25, 0.3) is 0 Å². The normalized spacial score (nSPS) is 11.6. The Morgan fingerprint density at radius 3 is 0.889 bits per heavy atom. The molecule has 2 N–H and O–H groups in total. The van der Waals surface area contributed by atoms with Crippen LogP contribution in [0.4, 0.5) is 0 Å². The molecule has 0 aromatic heterocycles. The minimum absolute atomic E-state index is 0.01000. The Balaban J connectivity index is 2.01. The highest BCUT2D eigenvalue weighted by Crippen LogP contribution is 2.55. The number of rotatable bonds is 10. The standard InChI is InChI=1S/C33H39NP2/c1-5-25-17-9-13-21-29(25)35(30-22-14-10-18-26(30)6-2)33(34)36(31-23-15-11-19-27(31)7-3)32-24-16-12-20-28(32)8-4/h9-24,33H,5-8,34H2,1-4H3. The van der Waals surface area contributed by atoms with Crippen molar-refractivity contribution in [2.75, 3.05) is 0 Å². The van der Waals surface area contributed by atoms with Crippen molar-refractivity contribution in [3.05, 3.63) is 119 Å². The molecule has 0 bridgehead atoms. The Morgan fingerprint density at radius 2 is 0.667 bits per heavy atom. The molecule has 0 fully saturated rings. The van der Waals surface area contributed by atoms with Gasteiger partial charge in [-0.05, 0) is 85.0 Å². The quantitative estimate of drug-likeness (QED) is 0.234. The summed E-state index contributed by atoms with van der Waals surface area (Å²) in [5.41, 5.74) is 13.3. The van der Waals surface area contributed by atoms with Crippen LogP contribution in [0.5, 0.6) is 0 Å². The van der Waals surface area contributed by atoms with Crippen molar-refractivity contribution >= 4 is 37.1 Å². The van der Waals surface area contributed by atoms with Gasteiger partial charge < -0.3 is 5.73 Å². The van der Waals surface area contributed by atoms with E-state index in [9.17, 15) is 0 Å². The first-order chi connectivity index (χ1) is 17.6. The smallest absolute Gasteiger partial charge is 0.0609 e. The van der Waals surface area contributed by atoms with Gasteiger partial charge in [0.15, 0.2) is 0 Å². The van der Waals surface area contributed by atoms with Crippen LogP contribution >= 0.6 is 15.8 Å². The Labute approximate surface area is 220 Å². The summed E-state index contributed by atoms with van der Waals surface area (Å²) in [6.07, 6.45) is 4.08. The topological polar surface area (TPSA) is 26.0 Å². The average molecular weight is 512 g/mol. The van der Waals surface area contributed by atoms with E-state index in [1.54, 1.807) is 0 Å². The fourth-order valence-corrected chi connectivity index (χ4v) is 12.4. The largest absolute Gasteiger partial charge is 0.319 e. The van der Waals surface area contributed by atoms with E-state index in [1.807, 2.05) is 0 Å². The lowest BCUT2D eigenvalue weighted by atomic mass is 10.2. The van der Waals surface area contributed by atoms with Crippen molar-refractivity contribution in [1.29, 1.82) is 0 Å². The van der Waals surface area contributed by atoms with Gasteiger partial charge in [-0.25, -0.2) is 0 Å². The molecule has 1 nitrogen and oxygen atoms in total. The molecule has 3 heteroatoms. The molecule has 186 valence electrons. The summed E-state index contributed by atoms with van der Waals surface area (Å²) in [7, 11) is -1.56. The van der Waals surface area contributed by atoms with E-state index in [0.717, 1.165) is 25.7 Å². The zero-order valence-electron chi connectivity index (χ0n) is 22.1. The van der Waals surface area contributed by atoms with Crippen molar-refractivity contribution in [2.24, 2.45) is 5.73 Å². The lowest BCUT2D eigenvalue weighted by Gasteiger charge is -2.36. The van der Waals surface area contributed by atoms with Gasteiger partial charge in [-0.3, -0.25) is 0 Å². The van der Waals surface area contributed by atoms with Crippen LogP contribution in [-0.4, -0.2) is 5.52 Å². The molecular weight excluding hydrogens is 472 g/mol. The Morgan fingerprint density at radius 1 is 0.444 bits per heavy atom. The summed E-state index contributed by atoms with van der Waals surface area (Å²) in [5, 5.41) is 5.77. The highest BCUT2D eigenvalue weighted by Gasteiger charge is 2.34. The number of hydrogen-bond acceptors (Lipinski definition) is 1. The molecule has 0 aliphatic carbocycles. The molecule has 36 heavy (non-hydrogen) atoms. The monoisotopic (exact) mass is 511 g/mol. The Hall–Kier alpha value is -2.30. The molecule has 4 aromatic carbocycles. The molecule has 0 spiro atoms. The Kier molecular flexibility index (Phi) is 9.50. The van der Waals surface area contributed by atoms with Crippen LogP contribution in [0, 0.1) is 0 Å². The second kappa shape index (κ2) is 12.8. The summed E-state index contributed by atoms with van der Waals surface area (Å²) >= 11 is 0. The van der Waals surface area contributed by atoms with Crippen LogP contribution in [0.15, 0.2) is 97.1 Å². The fraction of sp³-hybridized carbons (Fsp3) is 0.273. The van der Waals surface area contributed by atoms with E-state index < -0.39 is 15.8 Å². The minimum Gasteiger partial charge on any atom is -0.319 e. The third-order valence-electron chi connectivity index (χ3n) is 7.06. The van der Waals surface area contributed by atoms with E-state index in [-0.39, 0.29) is 5.52 Å². The highest BCUT2D eigenvalue weighted by molar-refractivity contribution is 7.89. The van der Waals surface area contributed by atoms with Gasteiger partial charge in [0.05, 0.1) is 5.52 Å². The van der Waals surface area contributed by atoms with E-state index in [1.165, 1.54) is 43.5 Å². The van der Waals surface area contributed by atoms with Crippen LogP contribution < -0.4 is 27.0 Å². The zero-order chi connectivity index (χ0) is 25.5. The SMILES string of the molecule is CCc1ccccc1P(c1ccccc1CC)C(N)P(c1ccccc1CC)c1ccccc1CC. The van der Waals surface area contributed by atoms with Crippen molar-refractivity contribution in [3.63, 3.8) is 0 Å². The van der Waals surface area contributed by atoms with Crippen molar-refractivity contribution < 1.29 is 0 Å². The lowest BCUT2D eigenvalue weighted by molar-refractivity contribution is 1.14. The number of benzene rings is 4. The molecule has 0 saturated heterocycles. The third kappa shape index (κ3) is 5.50. The van der Waals surface area contributed by atoms with Gasteiger partial charge in [0.1, 0.15) is 0 Å². The van der Waals surface area contributed by atoms with Crippen LogP contribution in [0.3, 0.4) is 0 Å². The highest BCUT2D eigenvalue weighted by atomic mass is 31.2. The predicted octanol–water partition coefficient (Wildman–Crippen LogP) is 6.74. The molecule has 0 saturated carbocycles. The number of hydrogen-bond donors (Lipinski definition) is 1. The fourth-order valence-electron chi connectivity index (χ4n) is 5.12. The second-order valence-corrected chi connectivity index (χ2v) is 14.0. The maximum Gasteiger partial charge on any atom is 0.0609 e. The van der Waals surface area contributed by atoms with Crippen molar-refractivity contribution in [1.82, 2.24) is 0 Å². The van der Waals surface area contributed by atoms with Crippen LogP contribution in [-0.2, 0) is 25.7 Å². The van der Waals surface area contributed by atoms with Crippen molar-refractivity contribution in [2.45, 2.75) is 58.9 Å². The first-order valence-electron chi connectivity index (χ1n) is 13.3. The van der Waals surface area contributed by atoms with Crippen LogP contribution in [0.25, 0.3) is 0 Å². The van der Waals surface area contributed by atoms with Gasteiger partial charge >= 0.3 is 0 Å². The minimum atomic E-state index is -0.780. The molecule has 0 aliphatic heterocycles. The second-order valence-electron chi connectivity index (χ2n) is 9.08.